The van der Waals surface area contributed by atoms with E-state index >= 15 is 0 Å². The summed E-state index contributed by atoms with van der Waals surface area (Å²) in [5.74, 6) is -1.82. The summed E-state index contributed by atoms with van der Waals surface area (Å²) >= 11 is 0. The van der Waals surface area contributed by atoms with Crippen LogP contribution in [0.4, 0.5) is 5.69 Å². The van der Waals surface area contributed by atoms with Gasteiger partial charge in [0.2, 0.25) is 0 Å². The van der Waals surface area contributed by atoms with Gasteiger partial charge in [-0.2, -0.15) is 10.4 Å². The average molecular weight is 375 g/mol. The fraction of sp³-hybridized carbons (Fsp3) is 0.100. The van der Waals surface area contributed by atoms with E-state index in [0.29, 0.717) is 5.56 Å². The van der Waals surface area contributed by atoms with E-state index in [1.165, 1.54) is 12.1 Å². The van der Waals surface area contributed by atoms with Crippen molar-refractivity contribution in [1.29, 1.82) is 5.26 Å². The van der Waals surface area contributed by atoms with Crippen LogP contribution in [-0.2, 0) is 9.59 Å². The van der Waals surface area contributed by atoms with Crippen molar-refractivity contribution in [1.82, 2.24) is 15.1 Å². The number of carbonyl (C=O) groups is 2. The minimum Gasteiger partial charge on any atom is -0.387 e. The van der Waals surface area contributed by atoms with Crippen LogP contribution in [0.25, 0.3) is 5.69 Å². The summed E-state index contributed by atoms with van der Waals surface area (Å²) in [4.78, 5) is 23.9. The number of benzene rings is 2. The lowest BCUT2D eigenvalue weighted by molar-refractivity contribution is -0.136. The predicted molar refractivity (Wildman–Crippen MR) is 101 cm³/mol. The number of hydrogen-bond acceptors (Lipinski definition) is 5. The molecule has 1 unspecified atom stereocenters. The summed E-state index contributed by atoms with van der Waals surface area (Å²) in [6.45, 7) is -0.132. The SMILES string of the molecule is N#Cc1ccccc1NC(=O)C(=O)NCC(O)c1ccc(-n2cccn2)cc1. The molecular formula is C20H17N5O3. The third kappa shape index (κ3) is 4.41. The average Bonchev–Trinajstić information content (AvgIpc) is 3.27. The molecule has 3 N–H and O–H groups in total. The Morgan fingerprint density at radius 3 is 2.54 bits per heavy atom. The molecule has 0 bridgehead atoms. The molecule has 3 aromatic rings. The summed E-state index contributed by atoms with van der Waals surface area (Å²) in [6, 6.07) is 17.1. The number of para-hydroxylation sites is 1. The summed E-state index contributed by atoms with van der Waals surface area (Å²) < 4.78 is 1.68. The van der Waals surface area contributed by atoms with Gasteiger partial charge in [-0.05, 0) is 35.9 Å². The van der Waals surface area contributed by atoms with Gasteiger partial charge in [0.05, 0.1) is 23.0 Å². The zero-order chi connectivity index (χ0) is 19.9. The maximum absolute atomic E-state index is 12.0. The van der Waals surface area contributed by atoms with Gasteiger partial charge in [-0.25, -0.2) is 4.68 Å². The van der Waals surface area contributed by atoms with Crippen molar-refractivity contribution in [2.45, 2.75) is 6.10 Å². The second kappa shape index (κ2) is 8.62. The number of rotatable bonds is 5. The molecular weight excluding hydrogens is 358 g/mol. The van der Waals surface area contributed by atoms with Gasteiger partial charge in [0.25, 0.3) is 0 Å². The highest BCUT2D eigenvalue weighted by Crippen LogP contribution is 2.15. The highest BCUT2D eigenvalue weighted by Gasteiger charge is 2.17. The Balaban J connectivity index is 1.55. The number of aliphatic hydroxyl groups is 1. The Morgan fingerprint density at radius 1 is 1.11 bits per heavy atom. The molecule has 0 fully saturated rings. The van der Waals surface area contributed by atoms with Crippen molar-refractivity contribution < 1.29 is 14.7 Å². The van der Waals surface area contributed by atoms with Crippen molar-refractivity contribution in [3.63, 3.8) is 0 Å². The molecule has 0 saturated heterocycles. The number of carbonyl (C=O) groups excluding carboxylic acids is 2. The van der Waals surface area contributed by atoms with Crippen LogP contribution in [0, 0.1) is 11.3 Å². The molecule has 0 aliphatic rings. The normalized spacial score (nSPS) is 11.3. The van der Waals surface area contributed by atoms with Crippen LogP contribution in [0.3, 0.4) is 0 Å². The lowest BCUT2D eigenvalue weighted by atomic mass is 10.1. The minimum atomic E-state index is -0.977. The van der Waals surface area contributed by atoms with Crippen LogP contribution in [0.5, 0.6) is 0 Å². The Bertz CT molecular complexity index is 1010. The van der Waals surface area contributed by atoms with Crippen molar-refractivity contribution in [3.05, 3.63) is 78.1 Å². The van der Waals surface area contributed by atoms with Crippen LogP contribution in [0.15, 0.2) is 67.0 Å². The Labute approximate surface area is 161 Å². The Hall–Kier alpha value is -3.96. The largest absolute Gasteiger partial charge is 0.387 e. The van der Waals surface area contributed by atoms with Crippen LogP contribution in [0.1, 0.15) is 17.2 Å². The molecule has 1 atom stereocenters. The molecule has 0 radical (unpaired) electrons. The zero-order valence-electron chi connectivity index (χ0n) is 14.7. The second-order valence-electron chi connectivity index (χ2n) is 5.88. The molecule has 0 aliphatic heterocycles. The van der Waals surface area contributed by atoms with Gasteiger partial charge in [-0.15, -0.1) is 0 Å². The third-order valence-corrected chi connectivity index (χ3v) is 4.00. The van der Waals surface area contributed by atoms with Gasteiger partial charge in [0.15, 0.2) is 0 Å². The minimum absolute atomic E-state index is 0.132. The fourth-order valence-corrected chi connectivity index (χ4v) is 2.53. The highest BCUT2D eigenvalue weighted by molar-refractivity contribution is 6.39. The van der Waals surface area contributed by atoms with E-state index in [9.17, 15) is 14.7 Å². The van der Waals surface area contributed by atoms with E-state index in [-0.39, 0.29) is 17.8 Å². The quantitative estimate of drug-likeness (QED) is 0.584. The van der Waals surface area contributed by atoms with E-state index in [1.807, 2.05) is 6.07 Å². The monoisotopic (exact) mass is 375 g/mol. The zero-order valence-corrected chi connectivity index (χ0v) is 14.7. The highest BCUT2D eigenvalue weighted by atomic mass is 16.3. The maximum Gasteiger partial charge on any atom is 0.313 e. The first-order valence-corrected chi connectivity index (χ1v) is 8.45. The number of aromatic nitrogens is 2. The van der Waals surface area contributed by atoms with Gasteiger partial charge in [0, 0.05) is 18.9 Å². The van der Waals surface area contributed by atoms with E-state index in [0.717, 1.165) is 5.69 Å². The van der Waals surface area contributed by atoms with Crippen LogP contribution in [-0.4, -0.2) is 33.2 Å². The Kier molecular flexibility index (Phi) is 5.79. The molecule has 0 aliphatic carbocycles. The maximum atomic E-state index is 12.0. The van der Waals surface area contributed by atoms with Gasteiger partial charge in [-0.3, -0.25) is 9.59 Å². The van der Waals surface area contributed by atoms with Crippen molar-refractivity contribution in [2.75, 3.05) is 11.9 Å². The van der Waals surface area contributed by atoms with Gasteiger partial charge in [0.1, 0.15) is 6.07 Å². The lowest BCUT2D eigenvalue weighted by Gasteiger charge is -2.13. The standard InChI is InChI=1S/C20H17N5O3/c21-12-15-4-1-2-5-17(15)24-20(28)19(27)22-13-18(26)14-6-8-16(9-7-14)25-11-3-10-23-25/h1-11,18,26H,13H2,(H,22,27)(H,24,28). The molecule has 0 spiro atoms. The molecule has 3 rings (SSSR count). The fourth-order valence-electron chi connectivity index (χ4n) is 2.53. The molecule has 8 nitrogen and oxygen atoms in total. The lowest BCUT2D eigenvalue weighted by Crippen LogP contribution is -2.37. The number of nitrogens with zero attached hydrogens (tertiary/aromatic N) is 3. The van der Waals surface area contributed by atoms with E-state index in [2.05, 4.69) is 15.7 Å². The smallest absolute Gasteiger partial charge is 0.313 e. The van der Waals surface area contributed by atoms with Gasteiger partial charge < -0.3 is 15.7 Å². The molecule has 1 heterocycles. The molecule has 28 heavy (non-hydrogen) atoms. The first-order chi connectivity index (χ1) is 13.6. The Morgan fingerprint density at radius 2 is 1.86 bits per heavy atom. The molecule has 140 valence electrons. The van der Waals surface area contributed by atoms with Crippen LogP contribution in [0.2, 0.25) is 0 Å². The van der Waals surface area contributed by atoms with E-state index in [4.69, 9.17) is 5.26 Å². The number of hydrogen-bond donors (Lipinski definition) is 3. The summed E-state index contributed by atoms with van der Waals surface area (Å²) in [5, 5.41) is 28.1. The van der Waals surface area contributed by atoms with Crippen molar-refractivity contribution in [2.24, 2.45) is 0 Å². The topological polar surface area (TPSA) is 120 Å². The van der Waals surface area contributed by atoms with E-state index in [1.54, 1.807) is 59.5 Å². The number of aliphatic hydroxyl groups excluding tert-OH is 1. The summed E-state index contributed by atoms with van der Waals surface area (Å²) in [5.41, 5.74) is 1.92. The van der Waals surface area contributed by atoms with Crippen molar-refractivity contribution in [3.8, 4) is 11.8 Å². The molecule has 2 amide bonds. The van der Waals surface area contributed by atoms with E-state index < -0.39 is 17.9 Å². The third-order valence-electron chi connectivity index (χ3n) is 4.00. The number of amides is 2. The first kappa shape index (κ1) is 18.8. The molecule has 0 saturated carbocycles. The predicted octanol–water partition coefficient (Wildman–Crippen LogP) is 1.53. The summed E-state index contributed by atoms with van der Waals surface area (Å²) in [7, 11) is 0. The number of anilines is 1. The number of nitriles is 1. The molecule has 1 aromatic heterocycles. The first-order valence-electron chi connectivity index (χ1n) is 8.45. The summed E-state index contributed by atoms with van der Waals surface area (Å²) in [6.07, 6.45) is 2.49. The van der Waals surface area contributed by atoms with Crippen molar-refractivity contribution >= 4 is 17.5 Å². The van der Waals surface area contributed by atoms with Gasteiger partial charge >= 0.3 is 11.8 Å². The van der Waals surface area contributed by atoms with Crippen LogP contribution >= 0.6 is 0 Å². The van der Waals surface area contributed by atoms with Crippen LogP contribution < -0.4 is 10.6 Å². The number of nitrogens with one attached hydrogen (secondary N) is 2. The molecule has 2 aromatic carbocycles. The second-order valence-corrected chi connectivity index (χ2v) is 5.88. The molecule has 8 heteroatoms. The van der Waals surface area contributed by atoms with Gasteiger partial charge in [-0.1, -0.05) is 24.3 Å².